The molecule has 1 saturated heterocycles. The van der Waals surface area contributed by atoms with Crippen molar-refractivity contribution in [1.29, 1.82) is 0 Å². The molecule has 5 nitrogen and oxygen atoms in total. The largest absolute Gasteiger partial charge is 0.493 e. The number of benzene rings is 1. The predicted octanol–water partition coefficient (Wildman–Crippen LogP) is 1.91. The van der Waals surface area contributed by atoms with E-state index in [0.29, 0.717) is 6.61 Å². The highest BCUT2D eigenvalue weighted by Crippen LogP contribution is 2.28. The summed E-state index contributed by atoms with van der Waals surface area (Å²) in [6.07, 6.45) is 0.994. The third-order valence-corrected chi connectivity index (χ3v) is 3.73. The first-order valence-electron chi connectivity index (χ1n) is 8.14. The van der Waals surface area contributed by atoms with Gasteiger partial charge in [-0.3, -0.25) is 4.90 Å². The average Bonchev–Trinajstić information content (AvgIpc) is 2.58. The van der Waals surface area contributed by atoms with Crippen molar-refractivity contribution in [1.82, 2.24) is 10.2 Å². The van der Waals surface area contributed by atoms with E-state index in [1.54, 1.807) is 7.11 Å². The fourth-order valence-corrected chi connectivity index (χ4v) is 2.45. The normalized spacial score (nSPS) is 15.7. The average molecular weight is 308 g/mol. The molecular weight excluding hydrogens is 280 g/mol. The lowest BCUT2D eigenvalue weighted by molar-refractivity contribution is 0.0384. The van der Waals surface area contributed by atoms with Gasteiger partial charge >= 0.3 is 0 Å². The fraction of sp³-hybridized carbons (Fsp3) is 0.647. The van der Waals surface area contributed by atoms with Crippen LogP contribution in [0, 0.1) is 0 Å². The lowest BCUT2D eigenvalue weighted by Crippen LogP contribution is -2.40. The van der Waals surface area contributed by atoms with Gasteiger partial charge in [0.15, 0.2) is 11.5 Å². The molecule has 124 valence electrons. The van der Waals surface area contributed by atoms with E-state index in [2.05, 4.69) is 23.2 Å². The second-order valence-corrected chi connectivity index (χ2v) is 5.46. The quantitative estimate of drug-likeness (QED) is 0.706. The number of ether oxygens (including phenoxy) is 3. The van der Waals surface area contributed by atoms with Crippen LogP contribution in [0.25, 0.3) is 0 Å². The first-order chi connectivity index (χ1) is 10.8. The van der Waals surface area contributed by atoms with Crippen LogP contribution in [0.15, 0.2) is 18.2 Å². The predicted molar refractivity (Wildman–Crippen MR) is 87.7 cm³/mol. The number of nitrogens with zero attached hydrogens (tertiary/aromatic N) is 1. The summed E-state index contributed by atoms with van der Waals surface area (Å²) in [7, 11) is 1.68. The summed E-state index contributed by atoms with van der Waals surface area (Å²) in [4.78, 5) is 2.43. The smallest absolute Gasteiger partial charge is 0.161 e. The van der Waals surface area contributed by atoms with Crippen molar-refractivity contribution in [2.24, 2.45) is 0 Å². The molecule has 1 aliphatic heterocycles. The Labute approximate surface area is 133 Å². The van der Waals surface area contributed by atoms with Gasteiger partial charge in [-0.1, -0.05) is 13.0 Å². The Bertz CT molecular complexity index is 434. The minimum atomic E-state index is 0.716. The third kappa shape index (κ3) is 5.48. The summed E-state index contributed by atoms with van der Waals surface area (Å²) < 4.78 is 16.4. The van der Waals surface area contributed by atoms with E-state index < -0.39 is 0 Å². The minimum absolute atomic E-state index is 0.716. The van der Waals surface area contributed by atoms with Crippen molar-refractivity contribution in [3.05, 3.63) is 23.8 Å². The Morgan fingerprint density at radius 1 is 1.23 bits per heavy atom. The molecule has 1 fully saturated rings. The van der Waals surface area contributed by atoms with Crippen molar-refractivity contribution in [3.63, 3.8) is 0 Å². The van der Waals surface area contributed by atoms with Crippen LogP contribution in [0.5, 0.6) is 11.5 Å². The SMILES string of the molecule is CCCOc1ccc(CNCCN2CCOCC2)cc1OC. The van der Waals surface area contributed by atoms with Gasteiger partial charge < -0.3 is 19.5 Å². The summed E-state index contributed by atoms with van der Waals surface area (Å²) in [6.45, 7) is 9.50. The summed E-state index contributed by atoms with van der Waals surface area (Å²) in [5, 5.41) is 3.48. The fourth-order valence-electron chi connectivity index (χ4n) is 2.45. The van der Waals surface area contributed by atoms with Gasteiger partial charge in [0.05, 0.1) is 26.9 Å². The summed E-state index contributed by atoms with van der Waals surface area (Å²) in [6, 6.07) is 6.13. The molecule has 0 bridgehead atoms. The first kappa shape index (κ1) is 17.1. The van der Waals surface area contributed by atoms with Gasteiger partial charge in [-0.15, -0.1) is 0 Å². The summed E-state index contributed by atoms with van der Waals surface area (Å²) in [5.41, 5.74) is 1.21. The second-order valence-electron chi connectivity index (χ2n) is 5.46. The van der Waals surface area contributed by atoms with Gasteiger partial charge in [-0.05, 0) is 24.1 Å². The van der Waals surface area contributed by atoms with Gasteiger partial charge in [-0.25, -0.2) is 0 Å². The van der Waals surface area contributed by atoms with Crippen LogP contribution in [0.4, 0.5) is 0 Å². The van der Waals surface area contributed by atoms with Crippen LogP contribution in [-0.2, 0) is 11.3 Å². The molecule has 0 saturated carbocycles. The van der Waals surface area contributed by atoms with Crippen LogP contribution in [0.3, 0.4) is 0 Å². The van der Waals surface area contributed by atoms with E-state index in [-0.39, 0.29) is 0 Å². The van der Waals surface area contributed by atoms with Crippen molar-refractivity contribution >= 4 is 0 Å². The Morgan fingerprint density at radius 2 is 2.05 bits per heavy atom. The van der Waals surface area contributed by atoms with Crippen LogP contribution < -0.4 is 14.8 Å². The molecule has 0 aliphatic carbocycles. The molecule has 5 heteroatoms. The highest BCUT2D eigenvalue weighted by atomic mass is 16.5. The second kappa shape index (κ2) is 9.66. The lowest BCUT2D eigenvalue weighted by atomic mass is 10.2. The zero-order valence-corrected chi connectivity index (χ0v) is 13.8. The summed E-state index contributed by atoms with van der Waals surface area (Å²) in [5.74, 6) is 1.63. The maximum absolute atomic E-state index is 5.67. The van der Waals surface area contributed by atoms with Gasteiger partial charge in [0.1, 0.15) is 0 Å². The molecule has 0 amide bonds. The maximum Gasteiger partial charge on any atom is 0.161 e. The molecule has 0 aromatic heterocycles. The molecule has 1 aliphatic rings. The van der Waals surface area contributed by atoms with Gasteiger partial charge in [0, 0.05) is 32.7 Å². The summed E-state index contributed by atoms with van der Waals surface area (Å²) >= 11 is 0. The number of methoxy groups -OCH3 is 1. The molecule has 1 heterocycles. The Balaban J connectivity index is 1.74. The van der Waals surface area contributed by atoms with Gasteiger partial charge in [0.2, 0.25) is 0 Å². The zero-order valence-electron chi connectivity index (χ0n) is 13.8. The van der Waals surface area contributed by atoms with E-state index in [4.69, 9.17) is 14.2 Å². The van der Waals surface area contributed by atoms with Crippen molar-refractivity contribution in [2.45, 2.75) is 19.9 Å². The lowest BCUT2D eigenvalue weighted by Gasteiger charge is -2.26. The number of rotatable bonds is 9. The van der Waals surface area contributed by atoms with Crippen LogP contribution in [0.1, 0.15) is 18.9 Å². The first-order valence-corrected chi connectivity index (χ1v) is 8.14. The zero-order chi connectivity index (χ0) is 15.6. The van der Waals surface area contributed by atoms with Crippen LogP contribution >= 0.6 is 0 Å². The maximum atomic E-state index is 5.67. The Hall–Kier alpha value is -1.30. The molecule has 0 atom stereocenters. The van der Waals surface area contributed by atoms with Crippen LogP contribution in [0.2, 0.25) is 0 Å². The van der Waals surface area contributed by atoms with E-state index >= 15 is 0 Å². The number of hydrogen-bond donors (Lipinski definition) is 1. The van der Waals surface area contributed by atoms with Crippen LogP contribution in [-0.4, -0.2) is 58.0 Å². The van der Waals surface area contributed by atoms with Crippen molar-refractivity contribution < 1.29 is 14.2 Å². The van der Waals surface area contributed by atoms with Gasteiger partial charge in [-0.2, -0.15) is 0 Å². The van der Waals surface area contributed by atoms with Gasteiger partial charge in [0.25, 0.3) is 0 Å². The van der Waals surface area contributed by atoms with E-state index in [9.17, 15) is 0 Å². The molecule has 0 spiro atoms. The standard InChI is InChI=1S/C17H28N2O3/c1-3-10-22-16-5-4-15(13-17(16)20-2)14-18-6-7-19-8-11-21-12-9-19/h4-5,13,18H,3,6-12,14H2,1-2H3. The van der Waals surface area contributed by atoms with Crippen molar-refractivity contribution in [2.75, 3.05) is 53.1 Å². The Morgan fingerprint density at radius 3 is 2.77 bits per heavy atom. The Kier molecular flexibility index (Phi) is 7.49. The molecular formula is C17H28N2O3. The van der Waals surface area contributed by atoms with E-state index in [0.717, 1.165) is 63.9 Å². The number of hydrogen-bond acceptors (Lipinski definition) is 5. The molecule has 2 rings (SSSR count). The molecule has 22 heavy (non-hydrogen) atoms. The highest BCUT2D eigenvalue weighted by molar-refractivity contribution is 5.42. The molecule has 0 unspecified atom stereocenters. The molecule has 1 aromatic carbocycles. The highest BCUT2D eigenvalue weighted by Gasteiger charge is 2.09. The molecule has 0 radical (unpaired) electrons. The van der Waals surface area contributed by atoms with E-state index in [1.807, 2.05) is 12.1 Å². The third-order valence-electron chi connectivity index (χ3n) is 3.73. The topological polar surface area (TPSA) is 43.0 Å². The van der Waals surface area contributed by atoms with Crippen molar-refractivity contribution in [3.8, 4) is 11.5 Å². The van der Waals surface area contributed by atoms with E-state index in [1.165, 1.54) is 5.56 Å². The number of nitrogens with one attached hydrogen (secondary N) is 1. The minimum Gasteiger partial charge on any atom is -0.493 e. The molecule has 1 N–H and O–H groups in total. The number of morpholine rings is 1. The molecule has 1 aromatic rings. The monoisotopic (exact) mass is 308 g/mol.